The number of hydrogen-bond donors (Lipinski definition) is 1. The fraction of sp³-hybridized carbons (Fsp3) is 0.192. The van der Waals surface area contributed by atoms with Gasteiger partial charge in [-0.2, -0.15) is 0 Å². The molecule has 1 unspecified atom stereocenters. The minimum absolute atomic E-state index is 0.0287. The molecule has 1 saturated heterocycles. The van der Waals surface area contributed by atoms with E-state index in [0.717, 1.165) is 0 Å². The Morgan fingerprint density at radius 1 is 1.12 bits per heavy atom. The monoisotopic (exact) mass is 461 g/mol. The Balaban J connectivity index is 1.68. The third kappa shape index (κ3) is 4.76. The van der Waals surface area contributed by atoms with Crippen molar-refractivity contribution >= 4 is 17.4 Å². The molecule has 34 heavy (non-hydrogen) atoms. The smallest absolute Gasteiger partial charge is 0.295 e. The summed E-state index contributed by atoms with van der Waals surface area (Å²) in [4.78, 5) is 31.5. The molecule has 1 fully saturated rings. The molecule has 7 nitrogen and oxygen atoms in total. The summed E-state index contributed by atoms with van der Waals surface area (Å²) in [6.07, 6.45) is 7.34. The summed E-state index contributed by atoms with van der Waals surface area (Å²) in [6.45, 7) is 4.81. The molecule has 2 heterocycles. The molecular weight excluding hydrogens is 437 g/mol. The molecule has 1 aliphatic rings. The highest BCUT2D eigenvalue weighted by Crippen LogP contribution is 2.39. The van der Waals surface area contributed by atoms with Crippen LogP contribution in [0.15, 0.2) is 85.5 Å². The van der Waals surface area contributed by atoms with Gasteiger partial charge in [-0.3, -0.25) is 9.59 Å². The number of Topliss-reactive ketones (excluding diaryl/α,β-unsaturated/α-hetero) is 1. The fourth-order valence-corrected chi connectivity index (χ4v) is 3.96. The highest BCUT2D eigenvalue weighted by molar-refractivity contribution is 6.46. The standard InChI is InChI=1S/C26H24FN3O4/c1-2-16-34-21-10-6-19(7-11-21)24(31)22-23(18-4-8-20(27)9-5-18)30(26(33)25(22)32)14-3-13-29-15-12-28-17-29/h2,4-12,15,17,23,31H,1,3,13-14,16H2. The van der Waals surface area contributed by atoms with E-state index in [4.69, 9.17) is 4.74 Å². The van der Waals surface area contributed by atoms with Crippen molar-refractivity contribution in [3.05, 3.63) is 102 Å². The van der Waals surface area contributed by atoms with Gasteiger partial charge < -0.3 is 19.3 Å². The van der Waals surface area contributed by atoms with Crippen molar-refractivity contribution in [2.75, 3.05) is 13.2 Å². The fourth-order valence-electron chi connectivity index (χ4n) is 3.96. The predicted octanol–water partition coefficient (Wildman–Crippen LogP) is 4.10. The number of amides is 1. The van der Waals surface area contributed by atoms with Crippen LogP contribution in [-0.2, 0) is 16.1 Å². The number of aromatic nitrogens is 2. The summed E-state index contributed by atoms with van der Waals surface area (Å²) in [7, 11) is 0. The van der Waals surface area contributed by atoms with E-state index < -0.39 is 23.5 Å². The quantitative estimate of drug-likeness (QED) is 0.225. The molecule has 8 heteroatoms. The van der Waals surface area contributed by atoms with Crippen molar-refractivity contribution in [1.29, 1.82) is 0 Å². The van der Waals surface area contributed by atoms with Gasteiger partial charge >= 0.3 is 0 Å². The van der Waals surface area contributed by atoms with Crippen LogP contribution >= 0.6 is 0 Å². The maximum Gasteiger partial charge on any atom is 0.295 e. The zero-order chi connectivity index (χ0) is 24.1. The van der Waals surface area contributed by atoms with E-state index in [-0.39, 0.29) is 17.9 Å². The van der Waals surface area contributed by atoms with Crippen molar-refractivity contribution in [2.24, 2.45) is 0 Å². The third-order valence-electron chi connectivity index (χ3n) is 5.60. The van der Waals surface area contributed by atoms with Crippen molar-refractivity contribution < 1.29 is 23.8 Å². The second-order valence-corrected chi connectivity index (χ2v) is 7.82. The van der Waals surface area contributed by atoms with Crippen LogP contribution in [0.25, 0.3) is 5.76 Å². The largest absolute Gasteiger partial charge is 0.507 e. The van der Waals surface area contributed by atoms with Crippen molar-refractivity contribution in [2.45, 2.75) is 19.0 Å². The first-order chi connectivity index (χ1) is 16.5. The molecule has 1 N–H and O–H groups in total. The molecule has 1 aromatic heterocycles. The lowest BCUT2D eigenvalue weighted by Crippen LogP contribution is -2.31. The minimum Gasteiger partial charge on any atom is -0.507 e. The van der Waals surface area contributed by atoms with E-state index in [0.29, 0.717) is 36.4 Å². The SMILES string of the molecule is C=CCOc1ccc(C(O)=C2C(=O)C(=O)N(CCCn3ccnc3)C2c2ccc(F)cc2)cc1. The molecule has 0 saturated carbocycles. The molecule has 1 amide bonds. The number of nitrogens with zero attached hydrogens (tertiary/aromatic N) is 3. The molecule has 0 bridgehead atoms. The Bertz CT molecular complexity index is 1200. The maximum atomic E-state index is 13.6. The third-order valence-corrected chi connectivity index (χ3v) is 5.60. The molecule has 0 spiro atoms. The van der Waals surface area contributed by atoms with Gasteiger partial charge in [-0.05, 0) is 48.4 Å². The molecular formula is C26H24FN3O4. The molecule has 174 valence electrons. The Hall–Kier alpha value is -4.20. The Kier molecular flexibility index (Phi) is 6.87. The first-order valence-corrected chi connectivity index (χ1v) is 10.8. The average molecular weight is 461 g/mol. The summed E-state index contributed by atoms with van der Waals surface area (Å²) >= 11 is 0. The van der Waals surface area contributed by atoms with Crippen LogP contribution in [0.4, 0.5) is 4.39 Å². The van der Waals surface area contributed by atoms with Crippen molar-refractivity contribution in [3.8, 4) is 5.75 Å². The Labute approximate surface area is 196 Å². The molecule has 4 rings (SSSR count). The van der Waals surface area contributed by atoms with Crippen LogP contribution < -0.4 is 4.74 Å². The highest BCUT2D eigenvalue weighted by Gasteiger charge is 2.45. The van der Waals surface area contributed by atoms with Crippen LogP contribution in [0, 0.1) is 5.82 Å². The number of benzene rings is 2. The number of hydrogen-bond acceptors (Lipinski definition) is 5. The zero-order valence-electron chi connectivity index (χ0n) is 18.4. The number of aliphatic hydroxyl groups is 1. The van der Waals surface area contributed by atoms with Crippen LogP contribution in [0.2, 0.25) is 0 Å². The number of aryl methyl sites for hydroxylation is 1. The van der Waals surface area contributed by atoms with Gasteiger partial charge in [0.2, 0.25) is 0 Å². The first-order valence-electron chi connectivity index (χ1n) is 10.8. The van der Waals surface area contributed by atoms with E-state index >= 15 is 0 Å². The highest BCUT2D eigenvalue weighted by atomic mass is 19.1. The lowest BCUT2D eigenvalue weighted by molar-refractivity contribution is -0.139. The van der Waals surface area contributed by atoms with E-state index in [9.17, 15) is 19.1 Å². The second-order valence-electron chi connectivity index (χ2n) is 7.82. The number of aliphatic hydroxyl groups excluding tert-OH is 1. The summed E-state index contributed by atoms with van der Waals surface area (Å²) in [5.41, 5.74) is 0.879. The molecule has 1 atom stereocenters. The summed E-state index contributed by atoms with van der Waals surface area (Å²) in [5, 5.41) is 11.1. The molecule has 2 aromatic carbocycles. The van der Waals surface area contributed by atoms with E-state index in [1.54, 1.807) is 42.9 Å². The van der Waals surface area contributed by atoms with Gasteiger partial charge in [0.1, 0.15) is 23.9 Å². The topological polar surface area (TPSA) is 84.7 Å². The minimum atomic E-state index is -0.833. The number of carbonyl (C=O) groups excluding carboxylic acids is 2. The summed E-state index contributed by atoms with van der Waals surface area (Å²) < 4.78 is 20.9. The van der Waals surface area contributed by atoms with Crippen LogP contribution in [0.5, 0.6) is 5.75 Å². The number of halogens is 1. The van der Waals surface area contributed by atoms with Gasteiger partial charge in [-0.1, -0.05) is 24.8 Å². The van der Waals surface area contributed by atoms with Gasteiger partial charge in [0.25, 0.3) is 11.7 Å². The maximum absolute atomic E-state index is 13.6. The van der Waals surface area contributed by atoms with Crippen molar-refractivity contribution in [1.82, 2.24) is 14.5 Å². The van der Waals surface area contributed by atoms with E-state index in [1.165, 1.54) is 29.2 Å². The lowest BCUT2D eigenvalue weighted by atomic mass is 9.95. The van der Waals surface area contributed by atoms with Crippen LogP contribution in [-0.4, -0.2) is 44.4 Å². The van der Waals surface area contributed by atoms with E-state index in [2.05, 4.69) is 11.6 Å². The number of imidazole rings is 1. The average Bonchev–Trinajstić information content (AvgIpc) is 3.45. The van der Waals surface area contributed by atoms with Gasteiger partial charge in [-0.15, -0.1) is 0 Å². The van der Waals surface area contributed by atoms with E-state index in [1.807, 2.05) is 10.8 Å². The Morgan fingerprint density at radius 2 is 1.85 bits per heavy atom. The molecule has 0 radical (unpaired) electrons. The first kappa shape index (κ1) is 23.0. The predicted molar refractivity (Wildman–Crippen MR) is 124 cm³/mol. The second kappa shape index (κ2) is 10.2. The number of likely N-dealkylation sites (tertiary alicyclic amines) is 1. The van der Waals surface area contributed by atoms with Gasteiger partial charge in [-0.25, -0.2) is 9.37 Å². The van der Waals surface area contributed by atoms with Gasteiger partial charge in [0.05, 0.1) is 17.9 Å². The number of ether oxygens (including phenoxy) is 1. The van der Waals surface area contributed by atoms with Gasteiger partial charge in [0.15, 0.2) is 0 Å². The number of ketones is 1. The number of rotatable bonds is 9. The lowest BCUT2D eigenvalue weighted by Gasteiger charge is -2.25. The molecule has 0 aliphatic carbocycles. The summed E-state index contributed by atoms with van der Waals surface area (Å²) in [5.74, 6) is -1.63. The Morgan fingerprint density at radius 3 is 2.50 bits per heavy atom. The summed E-state index contributed by atoms with van der Waals surface area (Å²) in [6, 6.07) is 11.3. The van der Waals surface area contributed by atoms with Crippen molar-refractivity contribution in [3.63, 3.8) is 0 Å². The van der Waals surface area contributed by atoms with Gasteiger partial charge in [0, 0.05) is 31.0 Å². The molecule has 1 aliphatic heterocycles. The number of carbonyl (C=O) groups is 2. The zero-order valence-corrected chi connectivity index (χ0v) is 18.4. The molecule has 3 aromatic rings. The normalized spacial score (nSPS) is 17.2. The van der Waals surface area contributed by atoms with Crippen LogP contribution in [0.3, 0.4) is 0 Å². The van der Waals surface area contributed by atoms with Crippen LogP contribution in [0.1, 0.15) is 23.6 Å².